The van der Waals surface area contributed by atoms with Gasteiger partial charge in [0.15, 0.2) is 0 Å². The molecule has 0 radical (unpaired) electrons. The van der Waals surface area contributed by atoms with Gasteiger partial charge in [-0.25, -0.2) is 0 Å². The third-order valence-electron chi connectivity index (χ3n) is 1.52. The van der Waals surface area contributed by atoms with Gasteiger partial charge in [-0.3, -0.25) is 4.79 Å². The highest BCUT2D eigenvalue weighted by molar-refractivity contribution is 9.10. The summed E-state index contributed by atoms with van der Waals surface area (Å²) < 4.78 is 0.800. The monoisotopic (exact) mass is 295 g/mol. The normalized spacial score (nSPS) is 9.93. The maximum Gasteiger partial charge on any atom is 0.225 e. The lowest BCUT2D eigenvalue weighted by molar-refractivity contribution is -0.115. The Bertz CT molecular complexity index is 344. The molecule has 1 amide bonds. The molecule has 0 saturated heterocycles. The van der Waals surface area contributed by atoms with Gasteiger partial charge in [0.25, 0.3) is 0 Å². The van der Waals surface area contributed by atoms with E-state index in [9.17, 15) is 4.79 Å². The first-order valence-corrected chi connectivity index (χ1v) is 5.65. The van der Waals surface area contributed by atoms with Crippen LogP contribution < -0.4 is 5.32 Å². The number of halogens is 3. The number of nitrogens with one attached hydrogen (secondary N) is 1. The summed E-state index contributed by atoms with van der Waals surface area (Å²) >= 11 is 14.5. The molecule has 0 spiro atoms. The minimum atomic E-state index is -0.113. The second kappa shape index (κ2) is 5.59. The standard InChI is InChI=1S/C9H8BrCl2NO/c10-7-2-1-6(5-8(7)12)13-9(14)3-4-11/h1-2,5H,3-4H2,(H,13,14). The molecule has 5 heteroatoms. The number of hydrogen-bond acceptors (Lipinski definition) is 1. The first kappa shape index (κ1) is 11.8. The van der Waals surface area contributed by atoms with Crippen LogP contribution in [0, 0.1) is 0 Å². The molecule has 0 aliphatic rings. The lowest BCUT2D eigenvalue weighted by Gasteiger charge is -2.04. The molecule has 1 rings (SSSR count). The highest BCUT2D eigenvalue weighted by Gasteiger charge is 2.03. The Hall–Kier alpha value is -0.250. The summed E-state index contributed by atoms with van der Waals surface area (Å²) in [5, 5.41) is 3.25. The molecular formula is C9H8BrCl2NO. The van der Waals surface area contributed by atoms with Gasteiger partial charge in [0.05, 0.1) is 5.02 Å². The molecule has 0 unspecified atom stereocenters. The van der Waals surface area contributed by atoms with E-state index in [-0.39, 0.29) is 5.91 Å². The first-order chi connectivity index (χ1) is 6.63. The Morgan fingerprint density at radius 1 is 1.50 bits per heavy atom. The summed E-state index contributed by atoms with van der Waals surface area (Å²) in [6, 6.07) is 5.22. The van der Waals surface area contributed by atoms with Gasteiger partial charge in [0, 0.05) is 22.5 Å². The van der Waals surface area contributed by atoms with Crippen molar-refractivity contribution < 1.29 is 4.79 Å². The fourth-order valence-corrected chi connectivity index (χ4v) is 1.48. The molecule has 0 fully saturated rings. The lowest BCUT2D eigenvalue weighted by Crippen LogP contribution is -2.11. The summed E-state index contributed by atoms with van der Waals surface area (Å²) in [5.41, 5.74) is 0.674. The topological polar surface area (TPSA) is 29.1 Å². The van der Waals surface area contributed by atoms with Gasteiger partial charge in [-0.05, 0) is 34.1 Å². The molecule has 0 atom stereocenters. The Morgan fingerprint density at radius 3 is 2.79 bits per heavy atom. The van der Waals surface area contributed by atoms with Gasteiger partial charge in [0.2, 0.25) is 5.91 Å². The van der Waals surface area contributed by atoms with E-state index in [0.29, 0.717) is 23.0 Å². The number of amides is 1. The van der Waals surface area contributed by atoms with Crippen molar-refractivity contribution in [3.05, 3.63) is 27.7 Å². The number of alkyl halides is 1. The third-order valence-corrected chi connectivity index (χ3v) is 2.95. The van der Waals surface area contributed by atoms with Crippen LogP contribution in [-0.2, 0) is 4.79 Å². The van der Waals surface area contributed by atoms with Crippen molar-refractivity contribution in [3.63, 3.8) is 0 Å². The van der Waals surface area contributed by atoms with E-state index in [1.165, 1.54) is 0 Å². The van der Waals surface area contributed by atoms with E-state index >= 15 is 0 Å². The molecule has 1 aromatic rings. The van der Waals surface area contributed by atoms with Crippen molar-refractivity contribution in [1.82, 2.24) is 0 Å². The van der Waals surface area contributed by atoms with Gasteiger partial charge in [-0.2, -0.15) is 0 Å². The second-order valence-electron chi connectivity index (χ2n) is 2.62. The summed E-state index contributed by atoms with van der Waals surface area (Å²) in [5.74, 6) is 0.203. The molecule has 0 saturated carbocycles. The lowest BCUT2D eigenvalue weighted by atomic mass is 10.3. The highest BCUT2D eigenvalue weighted by atomic mass is 79.9. The van der Waals surface area contributed by atoms with Crippen LogP contribution in [0.3, 0.4) is 0 Å². The number of carbonyl (C=O) groups is 1. The number of anilines is 1. The van der Waals surface area contributed by atoms with Gasteiger partial charge in [-0.15, -0.1) is 11.6 Å². The molecule has 0 aliphatic carbocycles. The van der Waals surface area contributed by atoms with Crippen LogP contribution in [0.2, 0.25) is 5.02 Å². The molecule has 0 aromatic heterocycles. The van der Waals surface area contributed by atoms with E-state index in [1.54, 1.807) is 18.2 Å². The van der Waals surface area contributed by atoms with Crippen LogP contribution >= 0.6 is 39.1 Å². The van der Waals surface area contributed by atoms with Crippen LogP contribution in [-0.4, -0.2) is 11.8 Å². The summed E-state index contributed by atoms with van der Waals surface area (Å²) in [6.45, 7) is 0. The molecule has 0 heterocycles. The van der Waals surface area contributed by atoms with Crippen LogP contribution in [0.15, 0.2) is 22.7 Å². The maximum atomic E-state index is 11.2. The molecule has 2 nitrogen and oxygen atoms in total. The van der Waals surface area contributed by atoms with E-state index in [4.69, 9.17) is 23.2 Å². The van der Waals surface area contributed by atoms with Crippen LogP contribution in [0.4, 0.5) is 5.69 Å². The van der Waals surface area contributed by atoms with E-state index in [0.717, 1.165) is 4.47 Å². The van der Waals surface area contributed by atoms with Crippen LogP contribution in [0.5, 0.6) is 0 Å². The summed E-state index contributed by atoms with van der Waals surface area (Å²) in [4.78, 5) is 11.2. The molecule has 0 aliphatic heterocycles. The zero-order chi connectivity index (χ0) is 10.6. The van der Waals surface area contributed by atoms with Gasteiger partial charge in [0.1, 0.15) is 0 Å². The van der Waals surface area contributed by atoms with Crippen molar-refractivity contribution in [2.24, 2.45) is 0 Å². The average Bonchev–Trinajstić information content (AvgIpc) is 2.12. The predicted molar refractivity (Wildman–Crippen MR) is 63.1 cm³/mol. The Morgan fingerprint density at radius 2 is 2.21 bits per heavy atom. The zero-order valence-electron chi connectivity index (χ0n) is 7.19. The van der Waals surface area contributed by atoms with E-state index < -0.39 is 0 Å². The highest BCUT2D eigenvalue weighted by Crippen LogP contribution is 2.25. The molecule has 0 bridgehead atoms. The second-order valence-corrected chi connectivity index (χ2v) is 4.26. The van der Waals surface area contributed by atoms with Crippen molar-refractivity contribution in [2.45, 2.75) is 6.42 Å². The molecule has 14 heavy (non-hydrogen) atoms. The largest absolute Gasteiger partial charge is 0.326 e. The van der Waals surface area contributed by atoms with Gasteiger partial charge >= 0.3 is 0 Å². The first-order valence-electron chi connectivity index (χ1n) is 3.94. The van der Waals surface area contributed by atoms with Crippen LogP contribution in [0.1, 0.15) is 6.42 Å². The summed E-state index contributed by atoms with van der Waals surface area (Å²) in [6.07, 6.45) is 0.301. The fourth-order valence-electron chi connectivity index (χ4n) is 0.883. The number of hydrogen-bond donors (Lipinski definition) is 1. The molecule has 76 valence electrons. The van der Waals surface area contributed by atoms with Crippen molar-refractivity contribution in [3.8, 4) is 0 Å². The van der Waals surface area contributed by atoms with Crippen molar-refractivity contribution >= 4 is 50.7 Å². The fraction of sp³-hybridized carbons (Fsp3) is 0.222. The molecule has 1 N–H and O–H groups in total. The maximum absolute atomic E-state index is 11.2. The third kappa shape index (κ3) is 3.48. The van der Waals surface area contributed by atoms with Gasteiger partial charge in [-0.1, -0.05) is 11.6 Å². The smallest absolute Gasteiger partial charge is 0.225 e. The van der Waals surface area contributed by atoms with Crippen molar-refractivity contribution in [2.75, 3.05) is 11.2 Å². The predicted octanol–water partition coefficient (Wildman–Crippen LogP) is 3.67. The molecule has 1 aromatic carbocycles. The number of rotatable bonds is 3. The SMILES string of the molecule is O=C(CCCl)Nc1ccc(Br)c(Cl)c1. The Kier molecular flexibility index (Phi) is 4.72. The average molecular weight is 297 g/mol. The van der Waals surface area contributed by atoms with E-state index in [2.05, 4.69) is 21.2 Å². The Balaban J connectivity index is 2.68. The number of benzene rings is 1. The summed E-state index contributed by atoms with van der Waals surface area (Å²) in [7, 11) is 0. The van der Waals surface area contributed by atoms with Gasteiger partial charge < -0.3 is 5.32 Å². The minimum absolute atomic E-state index is 0.113. The number of carbonyl (C=O) groups excluding carboxylic acids is 1. The van der Waals surface area contributed by atoms with Crippen LogP contribution in [0.25, 0.3) is 0 Å². The van der Waals surface area contributed by atoms with E-state index in [1.807, 2.05) is 0 Å². The van der Waals surface area contributed by atoms with Crippen molar-refractivity contribution in [1.29, 1.82) is 0 Å². The molecular weight excluding hydrogens is 289 g/mol. The Labute approximate surface area is 101 Å². The zero-order valence-corrected chi connectivity index (χ0v) is 10.3. The minimum Gasteiger partial charge on any atom is -0.326 e. The quantitative estimate of drug-likeness (QED) is 0.847.